The number of anilines is 1. The largest absolute Gasteiger partial charge is 0.345 e. The van der Waals surface area contributed by atoms with Gasteiger partial charge in [0, 0.05) is 48.7 Å². The molecule has 0 saturated carbocycles. The van der Waals surface area contributed by atoms with E-state index in [1.165, 1.54) is 0 Å². The summed E-state index contributed by atoms with van der Waals surface area (Å²) in [6.07, 6.45) is 2.50. The van der Waals surface area contributed by atoms with E-state index in [2.05, 4.69) is 20.9 Å². The summed E-state index contributed by atoms with van der Waals surface area (Å²) in [6.45, 7) is 2.42. The topological polar surface area (TPSA) is 76.0 Å². The molecule has 0 radical (unpaired) electrons. The van der Waals surface area contributed by atoms with Gasteiger partial charge in [-0.3, -0.25) is 9.69 Å². The van der Waals surface area contributed by atoms with Crippen LogP contribution in [0, 0.1) is 11.3 Å². The van der Waals surface area contributed by atoms with Crippen LogP contribution in [0.4, 0.5) is 5.69 Å². The van der Waals surface area contributed by atoms with Gasteiger partial charge in [-0.25, -0.2) is 4.98 Å². The quantitative estimate of drug-likeness (QED) is 0.653. The van der Waals surface area contributed by atoms with E-state index in [0.29, 0.717) is 36.6 Å². The number of nitrogens with one attached hydrogen (secondary N) is 1. The van der Waals surface area contributed by atoms with Gasteiger partial charge in [-0.15, -0.1) is 12.4 Å². The zero-order chi connectivity index (χ0) is 20.2. The Kier molecular flexibility index (Phi) is 7.11. The van der Waals surface area contributed by atoms with Gasteiger partial charge in [0.05, 0.1) is 18.2 Å². The van der Waals surface area contributed by atoms with Crippen LogP contribution in [0.5, 0.6) is 0 Å². The molecule has 2 heterocycles. The Hall–Kier alpha value is -2.85. The average molecular weight is 442 g/mol. The van der Waals surface area contributed by atoms with Crippen molar-refractivity contribution in [2.24, 2.45) is 0 Å². The number of halogens is 2. The van der Waals surface area contributed by atoms with Crippen LogP contribution in [-0.4, -0.2) is 40.4 Å². The predicted molar refractivity (Wildman–Crippen MR) is 119 cm³/mol. The number of benzene rings is 2. The van der Waals surface area contributed by atoms with Crippen molar-refractivity contribution in [3.8, 4) is 6.07 Å². The fourth-order valence-corrected chi connectivity index (χ4v) is 3.67. The van der Waals surface area contributed by atoms with Crippen molar-refractivity contribution in [1.29, 1.82) is 5.26 Å². The van der Waals surface area contributed by atoms with Gasteiger partial charge in [0.2, 0.25) is 5.91 Å². The third kappa shape index (κ3) is 5.19. The third-order valence-corrected chi connectivity index (χ3v) is 5.18. The minimum atomic E-state index is 0. The van der Waals surface area contributed by atoms with E-state index in [1.807, 2.05) is 48.7 Å². The van der Waals surface area contributed by atoms with Crippen LogP contribution in [-0.2, 0) is 17.8 Å². The number of aromatic nitrogens is 2. The highest BCUT2D eigenvalue weighted by Gasteiger charge is 2.25. The molecule has 0 spiro atoms. The molecule has 3 aromatic rings. The van der Waals surface area contributed by atoms with Crippen LogP contribution >= 0.6 is 24.0 Å². The van der Waals surface area contributed by atoms with Crippen molar-refractivity contribution in [3.05, 3.63) is 82.4 Å². The van der Waals surface area contributed by atoms with Crippen molar-refractivity contribution < 1.29 is 4.79 Å². The van der Waals surface area contributed by atoms with Crippen molar-refractivity contribution in [3.63, 3.8) is 0 Å². The normalized spacial score (nSPS) is 14.3. The number of rotatable bonds is 5. The number of carbonyl (C=O) groups is 1. The number of amides is 1. The Morgan fingerprint density at radius 3 is 2.67 bits per heavy atom. The molecule has 1 saturated heterocycles. The SMILES string of the molecule is Cl.N#Cc1ccc(Cc2ncc(CN3CCN(c4cccc(Cl)c4)C(=O)C3)[nH]2)cc1. The van der Waals surface area contributed by atoms with Gasteiger partial charge in [-0.05, 0) is 35.9 Å². The first-order valence-electron chi connectivity index (χ1n) is 9.41. The van der Waals surface area contributed by atoms with E-state index >= 15 is 0 Å². The zero-order valence-electron chi connectivity index (χ0n) is 16.2. The maximum Gasteiger partial charge on any atom is 0.241 e. The maximum absolute atomic E-state index is 12.6. The standard InChI is InChI=1S/C22H20ClN5O.ClH/c23-18-2-1-3-20(11-18)28-9-8-27(15-22(28)29)14-19-13-25-21(26-19)10-16-4-6-17(12-24)7-5-16;/h1-7,11,13H,8-10,14-15H2,(H,25,26);1H. The number of nitrogens with zero attached hydrogens (tertiary/aromatic N) is 4. The van der Waals surface area contributed by atoms with Gasteiger partial charge in [0.1, 0.15) is 5.82 Å². The van der Waals surface area contributed by atoms with Crippen molar-refractivity contribution in [1.82, 2.24) is 14.9 Å². The summed E-state index contributed by atoms with van der Waals surface area (Å²) in [4.78, 5) is 24.3. The van der Waals surface area contributed by atoms with E-state index in [9.17, 15) is 4.79 Å². The summed E-state index contributed by atoms with van der Waals surface area (Å²) < 4.78 is 0. The van der Waals surface area contributed by atoms with Crippen LogP contribution in [0.25, 0.3) is 0 Å². The van der Waals surface area contributed by atoms with Gasteiger partial charge in [-0.1, -0.05) is 29.8 Å². The lowest BCUT2D eigenvalue weighted by Crippen LogP contribution is -2.50. The zero-order valence-corrected chi connectivity index (χ0v) is 17.8. The molecular formula is C22H21Cl2N5O. The maximum atomic E-state index is 12.6. The molecule has 1 aliphatic rings. The Bertz CT molecular complexity index is 1060. The number of H-pyrrole nitrogens is 1. The molecule has 6 nitrogen and oxygen atoms in total. The molecule has 1 fully saturated rings. The number of hydrogen-bond acceptors (Lipinski definition) is 4. The third-order valence-electron chi connectivity index (χ3n) is 4.95. The fraction of sp³-hybridized carbons (Fsp3) is 0.227. The molecular weight excluding hydrogens is 421 g/mol. The van der Waals surface area contributed by atoms with Gasteiger partial charge < -0.3 is 9.88 Å². The lowest BCUT2D eigenvalue weighted by atomic mass is 10.1. The number of piperazine rings is 1. The second kappa shape index (κ2) is 9.77. The smallest absolute Gasteiger partial charge is 0.241 e. The molecule has 154 valence electrons. The molecule has 1 aromatic heterocycles. The van der Waals surface area contributed by atoms with E-state index in [0.717, 1.165) is 29.3 Å². The number of carbonyl (C=O) groups excluding carboxylic acids is 1. The van der Waals surface area contributed by atoms with Crippen molar-refractivity contribution >= 4 is 35.6 Å². The highest BCUT2D eigenvalue weighted by atomic mass is 35.5. The van der Waals surface area contributed by atoms with E-state index < -0.39 is 0 Å². The molecule has 8 heteroatoms. The van der Waals surface area contributed by atoms with Gasteiger partial charge in [0.25, 0.3) is 0 Å². The fourth-order valence-electron chi connectivity index (χ4n) is 3.48. The van der Waals surface area contributed by atoms with Crippen LogP contribution in [0.3, 0.4) is 0 Å². The van der Waals surface area contributed by atoms with Crippen LogP contribution in [0.1, 0.15) is 22.6 Å². The van der Waals surface area contributed by atoms with Crippen LogP contribution in [0.15, 0.2) is 54.7 Å². The van der Waals surface area contributed by atoms with Gasteiger partial charge in [-0.2, -0.15) is 5.26 Å². The highest BCUT2D eigenvalue weighted by Crippen LogP contribution is 2.22. The summed E-state index contributed by atoms with van der Waals surface area (Å²) in [6, 6.07) is 17.0. The first-order valence-corrected chi connectivity index (χ1v) is 9.78. The molecule has 2 aromatic carbocycles. The number of hydrogen-bond donors (Lipinski definition) is 1. The second-order valence-corrected chi connectivity index (χ2v) is 7.51. The summed E-state index contributed by atoms with van der Waals surface area (Å²) in [7, 11) is 0. The summed E-state index contributed by atoms with van der Waals surface area (Å²) in [5.41, 5.74) is 3.57. The Morgan fingerprint density at radius 2 is 1.97 bits per heavy atom. The molecule has 0 atom stereocenters. The molecule has 30 heavy (non-hydrogen) atoms. The molecule has 0 aliphatic carbocycles. The first kappa shape index (κ1) is 21.8. The van der Waals surface area contributed by atoms with Gasteiger partial charge >= 0.3 is 0 Å². The lowest BCUT2D eigenvalue weighted by molar-refractivity contribution is -0.121. The number of aromatic amines is 1. The Labute approximate surface area is 186 Å². The summed E-state index contributed by atoms with van der Waals surface area (Å²) in [5.74, 6) is 0.935. The minimum Gasteiger partial charge on any atom is -0.345 e. The molecule has 0 bridgehead atoms. The van der Waals surface area contributed by atoms with E-state index in [1.54, 1.807) is 11.0 Å². The Balaban J connectivity index is 0.00000256. The monoisotopic (exact) mass is 441 g/mol. The summed E-state index contributed by atoms with van der Waals surface area (Å²) >= 11 is 6.05. The minimum absolute atomic E-state index is 0. The van der Waals surface area contributed by atoms with Crippen molar-refractivity contribution in [2.45, 2.75) is 13.0 Å². The predicted octanol–water partition coefficient (Wildman–Crippen LogP) is 3.80. The van der Waals surface area contributed by atoms with Crippen molar-refractivity contribution in [2.75, 3.05) is 24.5 Å². The Morgan fingerprint density at radius 1 is 1.17 bits per heavy atom. The molecule has 4 rings (SSSR count). The summed E-state index contributed by atoms with van der Waals surface area (Å²) in [5, 5.41) is 9.51. The lowest BCUT2D eigenvalue weighted by Gasteiger charge is -2.34. The number of imidazole rings is 1. The molecule has 1 amide bonds. The average Bonchev–Trinajstić information content (AvgIpc) is 3.15. The van der Waals surface area contributed by atoms with E-state index in [4.69, 9.17) is 16.9 Å². The molecule has 1 aliphatic heterocycles. The van der Waals surface area contributed by atoms with E-state index in [-0.39, 0.29) is 18.3 Å². The molecule has 0 unspecified atom stereocenters. The second-order valence-electron chi connectivity index (χ2n) is 7.08. The van der Waals surface area contributed by atoms with Gasteiger partial charge in [0.15, 0.2) is 0 Å². The molecule has 1 N–H and O–H groups in total. The number of nitriles is 1. The highest BCUT2D eigenvalue weighted by molar-refractivity contribution is 6.30. The first-order chi connectivity index (χ1) is 14.1. The van der Waals surface area contributed by atoms with Crippen LogP contribution < -0.4 is 4.90 Å². The van der Waals surface area contributed by atoms with Crippen LogP contribution in [0.2, 0.25) is 5.02 Å².